The Hall–Kier alpha value is -2.70. The molecule has 0 saturated heterocycles. The van der Waals surface area contributed by atoms with Gasteiger partial charge in [-0.2, -0.15) is 0 Å². The Kier molecular flexibility index (Phi) is 6.71. The number of likely N-dealkylation sites (N-methyl/N-ethyl adjacent to an activating group) is 1. The number of ether oxygens (including phenoxy) is 2. The Morgan fingerprint density at radius 3 is 2.44 bits per heavy atom. The number of carbonyl (C=O) groups excluding carboxylic acids is 2. The van der Waals surface area contributed by atoms with Gasteiger partial charge in [0, 0.05) is 18.8 Å². The van der Waals surface area contributed by atoms with Crippen molar-refractivity contribution in [2.75, 3.05) is 20.2 Å². The molecule has 0 saturated carbocycles. The summed E-state index contributed by atoms with van der Waals surface area (Å²) >= 11 is 0. The summed E-state index contributed by atoms with van der Waals surface area (Å²) in [7, 11) is 1.57. The Morgan fingerprint density at radius 1 is 1.22 bits per heavy atom. The van der Waals surface area contributed by atoms with Crippen LogP contribution in [-0.2, 0) is 4.79 Å². The molecule has 3 amide bonds. The lowest BCUT2D eigenvalue weighted by atomic mass is 9.94. The number of nitrogens with one attached hydrogen (secondary N) is 2. The van der Waals surface area contributed by atoms with Crippen LogP contribution in [0.4, 0.5) is 4.79 Å². The first-order valence-electron chi connectivity index (χ1n) is 9.24. The van der Waals surface area contributed by atoms with E-state index in [1.54, 1.807) is 31.1 Å². The largest absolute Gasteiger partial charge is 0.493 e. The van der Waals surface area contributed by atoms with Gasteiger partial charge in [0.15, 0.2) is 11.5 Å². The van der Waals surface area contributed by atoms with Gasteiger partial charge in [-0.05, 0) is 52.3 Å². The number of hydrogen-bond donors (Lipinski definition) is 2. The molecule has 1 aliphatic heterocycles. The molecule has 1 aromatic carbocycles. The molecule has 1 unspecified atom stereocenters. The first-order chi connectivity index (χ1) is 12.8. The highest BCUT2D eigenvalue weighted by Gasteiger charge is 2.33. The van der Waals surface area contributed by atoms with Crippen LogP contribution < -0.4 is 20.1 Å². The lowest BCUT2D eigenvalue weighted by molar-refractivity contribution is -0.127. The molecule has 7 nitrogen and oxygen atoms in total. The molecule has 0 fully saturated rings. The summed E-state index contributed by atoms with van der Waals surface area (Å²) in [6.45, 7) is 10.7. The molecule has 1 aliphatic rings. The minimum Gasteiger partial charge on any atom is -0.493 e. The van der Waals surface area contributed by atoms with E-state index in [1.807, 2.05) is 33.8 Å². The van der Waals surface area contributed by atoms with E-state index in [2.05, 4.69) is 10.6 Å². The quantitative estimate of drug-likeness (QED) is 0.768. The average molecular weight is 375 g/mol. The lowest BCUT2D eigenvalue weighted by Gasteiger charge is -2.32. The molecule has 27 heavy (non-hydrogen) atoms. The standard InChI is InChI=1S/C20H29N3O4/c1-7-23(8-2)19(24)17-13(5)21-20(25)22-18(17)14-9-10-15(27-12(3)4)16(11-14)26-6/h9-12,18H,7-8H2,1-6H3,(H2,21,22,25). The second kappa shape index (κ2) is 8.79. The highest BCUT2D eigenvalue weighted by Crippen LogP contribution is 2.35. The molecule has 0 aromatic heterocycles. The minimum atomic E-state index is -0.561. The molecule has 0 spiro atoms. The molecule has 148 valence electrons. The van der Waals surface area contributed by atoms with Crippen molar-refractivity contribution in [2.45, 2.75) is 46.8 Å². The van der Waals surface area contributed by atoms with Gasteiger partial charge in [0.1, 0.15) is 0 Å². The predicted molar refractivity (Wildman–Crippen MR) is 104 cm³/mol. The van der Waals surface area contributed by atoms with Crippen LogP contribution in [0.2, 0.25) is 0 Å². The van der Waals surface area contributed by atoms with Crippen molar-refractivity contribution < 1.29 is 19.1 Å². The predicted octanol–water partition coefficient (Wildman–Crippen LogP) is 2.98. The van der Waals surface area contributed by atoms with Crippen LogP contribution >= 0.6 is 0 Å². The number of rotatable bonds is 7. The number of hydrogen-bond acceptors (Lipinski definition) is 4. The number of carbonyl (C=O) groups is 2. The second-order valence-corrected chi connectivity index (χ2v) is 6.62. The molecule has 2 rings (SSSR count). The van der Waals surface area contributed by atoms with Gasteiger partial charge in [-0.25, -0.2) is 4.79 Å². The van der Waals surface area contributed by atoms with E-state index in [-0.39, 0.29) is 18.0 Å². The van der Waals surface area contributed by atoms with Crippen LogP contribution in [0.3, 0.4) is 0 Å². The smallest absolute Gasteiger partial charge is 0.319 e. The van der Waals surface area contributed by atoms with Crippen molar-refractivity contribution in [3.63, 3.8) is 0 Å². The molecule has 0 aliphatic carbocycles. The maximum atomic E-state index is 13.0. The van der Waals surface area contributed by atoms with Gasteiger partial charge in [0.25, 0.3) is 5.91 Å². The number of allylic oxidation sites excluding steroid dienone is 1. The van der Waals surface area contributed by atoms with Crippen molar-refractivity contribution in [2.24, 2.45) is 0 Å². The van der Waals surface area contributed by atoms with Gasteiger partial charge < -0.3 is 25.0 Å². The van der Waals surface area contributed by atoms with Gasteiger partial charge in [-0.3, -0.25) is 4.79 Å². The number of benzene rings is 1. The maximum Gasteiger partial charge on any atom is 0.319 e. The zero-order valence-electron chi connectivity index (χ0n) is 16.9. The third-order valence-corrected chi connectivity index (χ3v) is 4.43. The van der Waals surface area contributed by atoms with Crippen LogP contribution in [0.5, 0.6) is 11.5 Å². The molecular weight excluding hydrogens is 346 g/mol. The third-order valence-electron chi connectivity index (χ3n) is 4.43. The van der Waals surface area contributed by atoms with Gasteiger partial charge >= 0.3 is 6.03 Å². The normalized spacial score (nSPS) is 16.7. The zero-order valence-corrected chi connectivity index (χ0v) is 16.9. The maximum absolute atomic E-state index is 13.0. The number of nitrogens with zero attached hydrogens (tertiary/aromatic N) is 1. The average Bonchev–Trinajstić information content (AvgIpc) is 2.61. The van der Waals surface area contributed by atoms with E-state index in [1.165, 1.54) is 0 Å². The monoisotopic (exact) mass is 375 g/mol. The Bertz CT molecular complexity index is 739. The van der Waals surface area contributed by atoms with Crippen LogP contribution in [0.1, 0.15) is 46.2 Å². The summed E-state index contributed by atoms with van der Waals surface area (Å²) in [6, 6.07) is 4.55. The SMILES string of the molecule is CCN(CC)C(=O)C1=C(C)NC(=O)NC1c1ccc(OC(C)C)c(OC)c1. The van der Waals surface area contributed by atoms with E-state index >= 15 is 0 Å². The third kappa shape index (κ3) is 4.53. The Morgan fingerprint density at radius 2 is 1.89 bits per heavy atom. The van der Waals surface area contributed by atoms with E-state index in [4.69, 9.17) is 9.47 Å². The first-order valence-corrected chi connectivity index (χ1v) is 9.24. The Balaban J connectivity index is 2.48. The van der Waals surface area contributed by atoms with Gasteiger partial charge in [-0.1, -0.05) is 6.07 Å². The second-order valence-electron chi connectivity index (χ2n) is 6.62. The van der Waals surface area contributed by atoms with Crippen molar-refractivity contribution in [3.05, 3.63) is 35.0 Å². The molecule has 1 atom stereocenters. The summed E-state index contributed by atoms with van der Waals surface area (Å²) in [5.41, 5.74) is 1.84. The fourth-order valence-electron chi connectivity index (χ4n) is 3.12. The highest BCUT2D eigenvalue weighted by atomic mass is 16.5. The molecule has 7 heteroatoms. The van der Waals surface area contributed by atoms with Gasteiger partial charge in [-0.15, -0.1) is 0 Å². The van der Waals surface area contributed by atoms with Crippen molar-refractivity contribution in [1.82, 2.24) is 15.5 Å². The first kappa shape index (κ1) is 20.6. The van der Waals surface area contributed by atoms with Crippen LogP contribution in [0.15, 0.2) is 29.5 Å². The molecular formula is C20H29N3O4. The van der Waals surface area contributed by atoms with Gasteiger partial charge in [0.05, 0.1) is 24.8 Å². The fourth-order valence-corrected chi connectivity index (χ4v) is 3.12. The van der Waals surface area contributed by atoms with Crippen molar-refractivity contribution in [3.8, 4) is 11.5 Å². The lowest BCUT2D eigenvalue weighted by Crippen LogP contribution is -2.47. The minimum absolute atomic E-state index is 0.00489. The summed E-state index contributed by atoms with van der Waals surface area (Å²) in [4.78, 5) is 26.8. The molecule has 0 radical (unpaired) electrons. The molecule has 2 N–H and O–H groups in total. The number of methoxy groups -OCH3 is 1. The van der Waals surface area contributed by atoms with E-state index < -0.39 is 6.04 Å². The summed E-state index contributed by atoms with van der Waals surface area (Å²) < 4.78 is 11.2. The molecule has 1 heterocycles. The van der Waals surface area contributed by atoms with Crippen LogP contribution in [0, 0.1) is 0 Å². The molecule has 1 aromatic rings. The van der Waals surface area contributed by atoms with E-state index in [0.29, 0.717) is 35.9 Å². The van der Waals surface area contributed by atoms with E-state index in [9.17, 15) is 9.59 Å². The summed E-state index contributed by atoms with van der Waals surface area (Å²) in [5, 5.41) is 5.56. The van der Waals surface area contributed by atoms with Crippen LogP contribution in [-0.4, -0.2) is 43.1 Å². The van der Waals surface area contributed by atoms with Crippen molar-refractivity contribution >= 4 is 11.9 Å². The summed E-state index contributed by atoms with van der Waals surface area (Å²) in [6.07, 6.45) is 0.00489. The zero-order chi connectivity index (χ0) is 20.1. The van der Waals surface area contributed by atoms with Crippen LogP contribution in [0.25, 0.3) is 0 Å². The van der Waals surface area contributed by atoms with E-state index in [0.717, 1.165) is 5.56 Å². The fraction of sp³-hybridized carbons (Fsp3) is 0.500. The molecule has 0 bridgehead atoms. The van der Waals surface area contributed by atoms with Crippen molar-refractivity contribution in [1.29, 1.82) is 0 Å². The number of amides is 3. The number of urea groups is 1. The van der Waals surface area contributed by atoms with Gasteiger partial charge in [0.2, 0.25) is 0 Å². The summed E-state index contributed by atoms with van der Waals surface area (Å²) in [5.74, 6) is 1.08. The highest BCUT2D eigenvalue weighted by molar-refractivity contribution is 5.98. The topological polar surface area (TPSA) is 79.9 Å². The Labute approximate surface area is 160 Å².